The van der Waals surface area contributed by atoms with Gasteiger partial charge in [-0.2, -0.15) is 5.10 Å². The summed E-state index contributed by atoms with van der Waals surface area (Å²) >= 11 is 0. The van der Waals surface area contributed by atoms with Crippen LogP contribution in [0, 0.1) is 0 Å². The molecule has 1 N–H and O–H groups in total. The number of aromatic nitrogens is 2. The van der Waals surface area contributed by atoms with Crippen LogP contribution in [0.4, 0.5) is 0 Å². The monoisotopic (exact) mass is 260 g/mol. The van der Waals surface area contributed by atoms with E-state index in [1.54, 1.807) is 11.8 Å². The molecule has 1 aromatic carbocycles. The van der Waals surface area contributed by atoms with E-state index in [-0.39, 0.29) is 11.5 Å². The molecule has 5 heteroatoms. The Morgan fingerprint density at radius 3 is 2.74 bits per heavy atom. The van der Waals surface area contributed by atoms with Crippen LogP contribution in [-0.2, 0) is 0 Å². The van der Waals surface area contributed by atoms with Gasteiger partial charge in [-0.25, -0.2) is 9.48 Å². The third-order valence-corrected chi connectivity index (χ3v) is 2.88. The molecule has 2 aromatic rings. The van der Waals surface area contributed by atoms with Crippen LogP contribution < -0.4 is 4.74 Å². The third-order valence-electron chi connectivity index (χ3n) is 2.88. The summed E-state index contributed by atoms with van der Waals surface area (Å²) in [7, 11) is 1.59. The standard InChI is InChI=1S/C14H16N2O3/c1-9(2)13-12(14(17)18)8-15-16(13)10-5-4-6-11(7-10)19-3/h4-9H,1-3H3,(H,17,18). The SMILES string of the molecule is COc1cccc(-n2ncc(C(=O)O)c2C(C)C)c1. The van der Waals surface area contributed by atoms with Gasteiger partial charge in [-0.05, 0) is 18.1 Å². The van der Waals surface area contributed by atoms with Crippen LogP contribution in [0.5, 0.6) is 5.75 Å². The van der Waals surface area contributed by atoms with Crippen LogP contribution in [0.25, 0.3) is 5.69 Å². The molecule has 0 fully saturated rings. The first-order valence-electron chi connectivity index (χ1n) is 6.00. The third kappa shape index (κ3) is 2.45. The van der Waals surface area contributed by atoms with Gasteiger partial charge in [-0.3, -0.25) is 0 Å². The molecule has 0 unspecified atom stereocenters. The highest BCUT2D eigenvalue weighted by Gasteiger charge is 2.20. The average Bonchev–Trinajstić information content (AvgIpc) is 2.83. The van der Waals surface area contributed by atoms with Gasteiger partial charge in [0.25, 0.3) is 0 Å². The lowest BCUT2D eigenvalue weighted by molar-refractivity contribution is 0.0695. The molecule has 5 nitrogen and oxygen atoms in total. The Balaban J connectivity index is 2.58. The maximum Gasteiger partial charge on any atom is 0.339 e. The Kier molecular flexibility index (Phi) is 3.55. The van der Waals surface area contributed by atoms with Crippen molar-refractivity contribution in [2.45, 2.75) is 19.8 Å². The van der Waals surface area contributed by atoms with Gasteiger partial charge in [0.05, 0.1) is 24.7 Å². The number of nitrogens with zero attached hydrogens (tertiary/aromatic N) is 2. The zero-order valence-electron chi connectivity index (χ0n) is 11.1. The van der Waals surface area contributed by atoms with Crippen LogP contribution in [-0.4, -0.2) is 28.0 Å². The van der Waals surface area contributed by atoms with E-state index >= 15 is 0 Å². The van der Waals surface area contributed by atoms with E-state index in [0.717, 1.165) is 5.69 Å². The van der Waals surface area contributed by atoms with Crippen LogP contribution in [0.3, 0.4) is 0 Å². The number of rotatable bonds is 4. The number of benzene rings is 1. The van der Waals surface area contributed by atoms with Crippen molar-refractivity contribution in [2.24, 2.45) is 0 Å². The lowest BCUT2D eigenvalue weighted by atomic mass is 10.1. The molecule has 0 aliphatic rings. The summed E-state index contributed by atoms with van der Waals surface area (Å²) in [5.41, 5.74) is 1.70. The molecular formula is C14H16N2O3. The molecule has 0 aliphatic carbocycles. The topological polar surface area (TPSA) is 64.4 Å². The lowest BCUT2D eigenvalue weighted by Gasteiger charge is -2.12. The highest BCUT2D eigenvalue weighted by atomic mass is 16.5. The van der Waals surface area contributed by atoms with Crippen molar-refractivity contribution in [2.75, 3.05) is 7.11 Å². The van der Waals surface area contributed by atoms with E-state index in [2.05, 4.69) is 5.10 Å². The molecule has 0 atom stereocenters. The van der Waals surface area contributed by atoms with Crippen molar-refractivity contribution < 1.29 is 14.6 Å². The number of hydrogen-bond donors (Lipinski definition) is 1. The molecule has 0 bridgehead atoms. The highest BCUT2D eigenvalue weighted by Crippen LogP contribution is 2.24. The fraction of sp³-hybridized carbons (Fsp3) is 0.286. The number of methoxy groups -OCH3 is 1. The molecule has 19 heavy (non-hydrogen) atoms. The van der Waals surface area contributed by atoms with Gasteiger partial charge in [-0.15, -0.1) is 0 Å². The first-order valence-corrected chi connectivity index (χ1v) is 6.00. The number of carboxylic acid groups (broad SMARTS) is 1. The lowest BCUT2D eigenvalue weighted by Crippen LogP contribution is -2.08. The number of carboxylic acids is 1. The first-order chi connectivity index (χ1) is 9.04. The second-order valence-electron chi connectivity index (χ2n) is 4.52. The molecular weight excluding hydrogens is 244 g/mol. The zero-order valence-corrected chi connectivity index (χ0v) is 11.1. The maximum atomic E-state index is 11.2. The first kappa shape index (κ1) is 13.1. The molecule has 2 rings (SSSR count). The molecule has 100 valence electrons. The molecule has 0 saturated carbocycles. The van der Waals surface area contributed by atoms with Crippen LogP contribution in [0.1, 0.15) is 35.8 Å². The van der Waals surface area contributed by atoms with E-state index in [0.29, 0.717) is 11.4 Å². The van der Waals surface area contributed by atoms with Crippen LogP contribution in [0.15, 0.2) is 30.5 Å². The number of aromatic carboxylic acids is 1. The van der Waals surface area contributed by atoms with E-state index in [9.17, 15) is 9.90 Å². The van der Waals surface area contributed by atoms with Gasteiger partial charge in [0.1, 0.15) is 11.3 Å². The second kappa shape index (κ2) is 5.14. The zero-order chi connectivity index (χ0) is 14.0. The van der Waals surface area contributed by atoms with E-state index < -0.39 is 5.97 Å². The fourth-order valence-electron chi connectivity index (χ4n) is 2.03. The van der Waals surface area contributed by atoms with Crippen molar-refractivity contribution in [3.05, 3.63) is 41.7 Å². The van der Waals surface area contributed by atoms with Gasteiger partial charge in [0.15, 0.2) is 0 Å². The number of ether oxygens (including phenoxy) is 1. The van der Waals surface area contributed by atoms with E-state index in [4.69, 9.17) is 4.74 Å². The van der Waals surface area contributed by atoms with Gasteiger partial charge < -0.3 is 9.84 Å². The van der Waals surface area contributed by atoms with Crippen molar-refractivity contribution in [3.63, 3.8) is 0 Å². The van der Waals surface area contributed by atoms with Crippen molar-refractivity contribution >= 4 is 5.97 Å². The summed E-state index contributed by atoms with van der Waals surface area (Å²) in [6.07, 6.45) is 1.39. The maximum absolute atomic E-state index is 11.2. The molecule has 0 aliphatic heterocycles. The Bertz CT molecular complexity index is 602. The molecule has 0 saturated heterocycles. The summed E-state index contributed by atoms with van der Waals surface area (Å²) in [6.45, 7) is 3.89. The predicted molar refractivity (Wildman–Crippen MR) is 71.2 cm³/mol. The molecule has 1 heterocycles. The summed E-state index contributed by atoms with van der Waals surface area (Å²) in [5, 5.41) is 13.4. The summed E-state index contributed by atoms with van der Waals surface area (Å²) in [4.78, 5) is 11.2. The van der Waals surface area contributed by atoms with Crippen molar-refractivity contribution in [1.82, 2.24) is 9.78 Å². The largest absolute Gasteiger partial charge is 0.497 e. The minimum Gasteiger partial charge on any atom is -0.497 e. The van der Waals surface area contributed by atoms with Crippen molar-refractivity contribution in [3.8, 4) is 11.4 Å². The number of carbonyl (C=O) groups is 1. The van der Waals surface area contributed by atoms with E-state index in [1.165, 1.54) is 6.20 Å². The highest BCUT2D eigenvalue weighted by molar-refractivity contribution is 5.89. The smallest absolute Gasteiger partial charge is 0.339 e. The summed E-state index contributed by atoms with van der Waals surface area (Å²) in [5.74, 6) is -0.197. The molecule has 1 aromatic heterocycles. The molecule has 0 spiro atoms. The Hall–Kier alpha value is -2.30. The van der Waals surface area contributed by atoms with E-state index in [1.807, 2.05) is 38.1 Å². The summed E-state index contributed by atoms with van der Waals surface area (Å²) < 4.78 is 6.82. The van der Waals surface area contributed by atoms with Crippen LogP contribution in [0.2, 0.25) is 0 Å². The van der Waals surface area contributed by atoms with Crippen molar-refractivity contribution in [1.29, 1.82) is 0 Å². The predicted octanol–water partition coefficient (Wildman–Crippen LogP) is 2.70. The fourth-order valence-corrected chi connectivity index (χ4v) is 2.03. The minimum absolute atomic E-state index is 0.0554. The van der Waals surface area contributed by atoms with Gasteiger partial charge in [0, 0.05) is 6.07 Å². The van der Waals surface area contributed by atoms with Gasteiger partial charge in [0.2, 0.25) is 0 Å². The van der Waals surface area contributed by atoms with Gasteiger partial charge >= 0.3 is 5.97 Å². The van der Waals surface area contributed by atoms with Crippen LogP contribution >= 0.6 is 0 Å². The Morgan fingerprint density at radius 2 is 2.16 bits per heavy atom. The normalized spacial score (nSPS) is 10.7. The average molecular weight is 260 g/mol. The van der Waals surface area contributed by atoms with Gasteiger partial charge in [-0.1, -0.05) is 19.9 Å². The minimum atomic E-state index is -0.960. The Morgan fingerprint density at radius 1 is 1.42 bits per heavy atom. The quantitative estimate of drug-likeness (QED) is 0.918. The summed E-state index contributed by atoms with van der Waals surface area (Å²) in [6, 6.07) is 7.37. The Labute approximate surface area is 111 Å². The number of hydrogen-bond acceptors (Lipinski definition) is 3. The molecule has 0 radical (unpaired) electrons. The second-order valence-corrected chi connectivity index (χ2v) is 4.52. The molecule has 0 amide bonds.